The third-order valence-electron chi connectivity index (χ3n) is 1.57. The first-order chi connectivity index (χ1) is 4.22. The van der Waals surface area contributed by atoms with Gasteiger partial charge in [-0.1, -0.05) is 20.8 Å². The van der Waals surface area contributed by atoms with Crippen LogP contribution in [0, 0.1) is 5.92 Å². The first-order valence-electron chi connectivity index (χ1n) is 3.64. The molecule has 0 amide bonds. The molecule has 9 heavy (non-hydrogen) atoms. The Bertz CT molecular complexity index is 61.9. The summed E-state index contributed by atoms with van der Waals surface area (Å²) < 4.78 is 0. The minimum atomic E-state index is 0.606. The molecular weight excluding hydrogens is 112 g/mol. The summed E-state index contributed by atoms with van der Waals surface area (Å²) in [5.41, 5.74) is 6.13. The predicted octanol–water partition coefficient (Wildman–Crippen LogP) is 1.14. The van der Waals surface area contributed by atoms with Crippen LogP contribution in [0.3, 0.4) is 0 Å². The molecule has 2 nitrogen and oxygen atoms in total. The van der Waals surface area contributed by atoms with Gasteiger partial charge in [0.15, 0.2) is 0 Å². The van der Waals surface area contributed by atoms with Crippen LogP contribution in [0.5, 0.6) is 0 Å². The lowest BCUT2D eigenvalue weighted by Gasteiger charge is -2.19. The zero-order valence-corrected chi connectivity index (χ0v) is 6.86. The summed E-state index contributed by atoms with van der Waals surface area (Å²) >= 11 is 0. The zero-order valence-electron chi connectivity index (χ0n) is 6.86. The lowest BCUT2D eigenvalue weighted by Crippen LogP contribution is -2.41. The quantitative estimate of drug-likeness (QED) is 0.558. The summed E-state index contributed by atoms with van der Waals surface area (Å²) in [7, 11) is 1.91. The summed E-state index contributed by atoms with van der Waals surface area (Å²) in [6.07, 6.45) is 1.18. The lowest BCUT2D eigenvalue weighted by atomic mass is 10.0. The molecule has 0 spiro atoms. The highest BCUT2D eigenvalue weighted by atomic mass is 15.3. The molecule has 0 saturated heterocycles. The molecule has 0 bridgehead atoms. The van der Waals surface area contributed by atoms with Crippen LogP contribution < -0.4 is 10.9 Å². The van der Waals surface area contributed by atoms with E-state index in [1.165, 1.54) is 6.42 Å². The van der Waals surface area contributed by atoms with Crippen molar-refractivity contribution < 1.29 is 0 Å². The molecule has 2 heteroatoms. The van der Waals surface area contributed by atoms with Crippen LogP contribution in [0.15, 0.2) is 0 Å². The number of rotatable bonds is 4. The van der Waals surface area contributed by atoms with Crippen LogP contribution in [0.25, 0.3) is 0 Å². The van der Waals surface area contributed by atoms with E-state index in [4.69, 9.17) is 0 Å². The monoisotopic (exact) mass is 130 g/mol. The van der Waals surface area contributed by atoms with Gasteiger partial charge in [0.25, 0.3) is 0 Å². The van der Waals surface area contributed by atoms with Gasteiger partial charge >= 0.3 is 0 Å². The van der Waals surface area contributed by atoms with Gasteiger partial charge in [-0.05, 0) is 19.4 Å². The highest BCUT2D eigenvalue weighted by Gasteiger charge is 2.07. The Kier molecular flexibility index (Phi) is 4.72. The molecule has 0 radical (unpaired) electrons. The molecule has 0 fully saturated rings. The van der Waals surface area contributed by atoms with E-state index in [2.05, 4.69) is 31.6 Å². The van der Waals surface area contributed by atoms with E-state index in [0.29, 0.717) is 12.0 Å². The van der Waals surface area contributed by atoms with Crippen LogP contribution in [0.2, 0.25) is 0 Å². The minimum Gasteiger partial charge on any atom is -0.261 e. The minimum absolute atomic E-state index is 0.606. The first kappa shape index (κ1) is 8.92. The Labute approximate surface area is 58.0 Å². The van der Waals surface area contributed by atoms with Crippen LogP contribution >= 0.6 is 0 Å². The van der Waals surface area contributed by atoms with Crippen LogP contribution in [-0.4, -0.2) is 13.1 Å². The zero-order chi connectivity index (χ0) is 7.28. The second-order valence-corrected chi connectivity index (χ2v) is 2.65. The standard InChI is InChI=1S/C7H18N2/c1-5-7(6(2)3)9-8-4/h6-9H,5H2,1-4H3/t7-/m0/s1. The molecular formula is C7H18N2. The number of hydrazine groups is 1. The molecule has 0 aromatic carbocycles. The van der Waals surface area contributed by atoms with E-state index in [1.54, 1.807) is 0 Å². The van der Waals surface area contributed by atoms with Crippen molar-refractivity contribution in [1.29, 1.82) is 0 Å². The molecule has 0 heterocycles. The van der Waals surface area contributed by atoms with Gasteiger partial charge in [-0.25, -0.2) is 0 Å². The van der Waals surface area contributed by atoms with E-state index in [1.807, 2.05) is 7.05 Å². The largest absolute Gasteiger partial charge is 0.261 e. The fourth-order valence-corrected chi connectivity index (χ4v) is 0.926. The Morgan fingerprint density at radius 2 is 1.89 bits per heavy atom. The van der Waals surface area contributed by atoms with Gasteiger partial charge in [0.2, 0.25) is 0 Å². The molecule has 0 rings (SSSR count). The number of hydrogen-bond donors (Lipinski definition) is 2. The predicted molar refractivity (Wildman–Crippen MR) is 41.1 cm³/mol. The normalized spacial score (nSPS) is 14.3. The Balaban J connectivity index is 3.41. The summed E-state index contributed by atoms with van der Waals surface area (Å²) in [6, 6.07) is 0.606. The third-order valence-corrected chi connectivity index (χ3v) is 1.57. The van der Waals surface area contributed by atoms with E-state index >= 15 is 0 Å². The van der Waals surface area contributed by atoms with Gasteiger partial charge < -0.3 is 0 Å². The Morgan fingerprint density at radius 1 is 1.33 bits per heavy atom. The van der Waals surface area contributed by atoms with Crippen molar-refractivity contribution in [3.63, 3.8) is 0 Å². The SMILES string of the molecule is CC[C@H](NNC)C(C)C. The Morgan fingerprint density at radius 3 is 2.00 bits per heavy atom. The van der Waals surface area contributed by atoms with Gasteiger partial charge in [-0.15, -0.1) is 0 Å². The molecule has 0 unspecified atom stereocenters. The topological polar surface area (TPSA) is 24.1 Å². The summed E-state index contributed by atoms with van der Waals surface area (Å²) in [5.74, 6) is 0.711. The van der Waals surface area contributed by atoms with Crippen molar-refractivity contribution in [3.05, 3.63) is 0 Å². The number of hydrogen-bond acceptors (Lipinski definition) is 2. The van der Waals surface area contributed by atoms with Crippen LogP contribution in [0.1, 0.15) is 27.2 Å². The van der Waals surface area contributed by atoms with Crippen LogP contribution in [-0.2, 0) is 0 Å². The van der Waals surface area contributed by atoms with Crippen molar-refractivity contribution in [2.75, 3.05) is 7.05 Å². The average molecular weight is 130 g/mol. The summed E-state index contributed by atoms with van der Waals surface area (Å²) in [4.78, 5) is 0. The van der Waals surface area contributed by atoms with Crippen molar-refractivity contribution in [2.24, 2.45) is 5.92 Å². The van der Waals surface area contributed by atoms with E-state index < -0.39 is 0 Å². The van der Waals surface area contributed by atoms with Crippen molar-refractivity contribution in [1.82, 2.24) is 10.9 Å². The van der Waals surface area contributed by atoms with Gasteiger partial charge in [-0.3, -0.25) is 10.9 Å². The third kappa shape index (κ3) is 3.49. The first-order valence-corrected chi connectivity index (χ1v) is 3.64. The van der Waals surface area contributed by atoms with Crippen molar-refractivity contribution in [3.8, 4) is 0 Å². The second-order valence-electron chi connectivity index (χ2n) is 2.65. The van der Waals surface area contributed by atoms with E-state index in [0.717, 1.165) is 0 Å². The molecule has 2 N–H and O–H groups in total. The molecule has 0 saturated carbocycles. The molecule has 0 aliphatic carbocycles. The maximum absolute atomic E-state index is 3.18. The molecule has 0 aliphatic rings. The molecule has 0 aromatic heterocycles. The molecule has 0 aliphatic heterocycles. The molecule has 1 atom stereocenters. The smallest absolute Gasteiger partial charge is 0.0233 e. The van der Waals surface area contributed by atoms with Crippen molar-refractivity contribution in [2.45, 2.75) is 33.2 Å². The van der Waals surface area contributed by atoms with E-state index in [-0.39, 0.29) is 0 Å². The van der Waals surface area contributed by atoms with E-state index in [9.17, 15) is 0 Å². The van der Waals surface area contributed by atoms with Crippen molar-refractivity contribution >= 4 is 0 Å². The van der Waals surface area contributed by atoms with Gasteiger partial charge in [0, 0.05) is 6.04 Å². The highest BCUT2D eigenvalue weighted by molar-refractivity contribution is 4.64. The molecule has 56 valence electrons. The lowest BCUT2D eigenvalue weighted by molar-refractivity contribution is 0.357. The van der Waals surface area contributed by atoms with Crippen LogP contribution in [0.4, 0.5) is 0 Å². The fraction of sp³-hybridized carbons (Fsp3) is 1.00. The second kappa shape index (κ2) is 4.77. The summed E-state index contributed by atoms with van der Waals surface area (Å²) in [6.45, 7) is 6.63. The number of nitrogens with one attached hydrogen (secondary N) is 2. The summed E-state index contributed by atoms with van der Waals surface area (Å²) in [5, 5.41) is 0. The maximum Gasteiger partial charge on any atom is 0.0233 e. The molecule has 0 aromatic rings. The van der Waals surface area contributed by atoms with Gasteiger partial charge in [-0.2, -0.15) is 0 Å². The van der Waals surface area contributed by atoms with Gasteiger partial charge in [0.05, 0.1) is 0 Å². The fourth-order valence-electron chi connectivity index (χ4n) is 0.926. The van der Waals surface area contributed by atoms with Gasteiger partial charge in [0.1, 0.15) is 0 Å². The Hall–Kier alpha value is -0.0800. The maximum atomic E-state index is 3.18. The highest BCUT2D eigenvalue weighted by Crippen LogP contribution is 2.03. The average Bonchev–Trinajstić information content (AvgIpc) is 1.82.